The first-order chi connectivity index (χ1) is 8.87. The maximum Gasteiger partial charge on any atom is 0.338 e. The predicted octanol–water partition coefficient (Wildman–Crippen LogP) is 0.541. The van der Waals surface area contributed by atoms with E-state index in [2.05, 4.69) is 20.8 Å². The van der Waals surface area contributed by atoms with Gasteiger partial charge < -0.3 is 14.2 Å². The van der Waals surface area contributed by atoms with E-state index in [9.17, 15) is 19.2 Å². The fourth-order valence-electron chi connectivity index (χ4n) is 0.590. The molecule has 0 unspecified atom stereocenters. The molecular formula is C12H16O7. The second-order valence-electron chi connectivity index (χ2n) is 2.73. The van der Waals surface area contributed by atoms with Crippen molar-refractivity contribution in [2.45, 2.75) is 13.8 Å². The Bertz CT molecular complexity index is 352. The lowest BCUT2D eigenvalue weighted by Crippen LogP contribution is -1.96. The average Bonchev–Trinajstić information content (AvgIpc) is 2.73. The number of hydrogen-bond donors (Lipinski definition) is 0. The van der Waals surface area contributed by atoms with Crippen molar-refractivity contribution in [3.05, 3.63) is 24.8 Å². The molecule has 0 aromatic rings. The van der Waals surface area contributed by atoms with Crippen LogP contribution in [0.4, 0.5) is 0 Å². The van der Waals surface area contributed by atoms with Crippen molar-refractivity contribution in [3.63, 3.8) is 0 Å². The molecule has 19 heavy (non-hydrogen) atoms. The van der Waals surface area contributed by atoms with Crippen LogP contribution in [0.3, 0.4) is 0 Å². The van der Waals surface area contributed by atoms with Crippen molar-refractivity contribution < 1.29 is 33.4 Å². The fourth-order valence-corrected chi connectivity index (χ4v) is 0.590. The summed E-state index contributed by atoms with van der Waals surface area (Å²) < 4.78 is 12.5. The van der Waals surface area contributed by atoms with Gasteiger partial charge in [0.25, 0.3) is 0 Å². The van der Waals surface area contributed by atoms with Crippen LogP contribution in [0.2, 0.25) is 0 Å². The topological polar surface area (TPSA) is 96.0 Å². The predicted molar refractivity (Wildman–Crippen MR) is 64.8 cm³/mol. The smallest absolute Gasteiger partial charge is 0.338 e. The Morgan fingerprint density at radius 1 is 1.32 bits per heavy atom. The number of esters is 4. The van der Waals surface area contributed by atoms with Gasteiger partial charge in [-0.05, 0) is 6.92 Å². The lowest BCUT2D eigenvalue weighted by molar-refractivity contribution is -0.150. The van der Waals surface area contributed by atoms with E-state index in [-0.39, 0.29) is 5.97 Å². The highest BCUT2D eigenvalue weighted by atomic mass is 16.6. The highest BCUT2D eigenvalue weighted by Gasteiger charge is 2.10. The Morgan fingerprint density at radius 2 is 1.79 bits per heavy atom. The first-order valence-electron chi connectivity index (χ1n) is 5.14. The summed E-state index contributed by atoms with van der Waals surface area (Å²) in [7, 11) is 1.31. The van der Waals surface area contributed by atoms with E-state index in [1.165, 1.54) is 14.0 Å². The van der Waals surface area contributed by atoms with Gasteiger partial charge in [-0.2, -0.15) is 0 Å². The second kappa shape index (κ2) is 12.0. The van der Waals surface area contributed by atoms with Gasteiger partial charge >= 0.3 is 23.9 Å². The number of carbonyl (C=O) groups excluding carboxylic acids is 4. The standard InChI is InChI=1S/C4H2O3.C4H6O2.C4H8O2/c5-3-1-2-4(6)7-3;1-3-4(5)6-2;1-3-6-4(2)5/h1-2H;3H,1H2,2H3;3H2,1-2H3. The zero-order chi connectivity index (χ0) is 15.3. The van der Waals surface area contributed by atoms with E-state index >= 15 is 0 Å². The summed E-state index contributed by atoms with van der Waals surface area (Å²) in [5, 5.41) is 0. The number of methoxy groups -OCH3 is 1. The van der Waals surface area contributed by atoms with E-state index in [1.807, 2.05) is 0 Å². The van der Waals surface area contributed by atoms with Crippen LogP contribution in [0, 0.1) is 0 Å². The van der Waals surface area contributed by atoms with Gasteiger partial charge in [-0.15, -0.1) is 0 Å². The summed E-state index contributed by atoms with van der Waals surface area (Å²) in [6.07, 6.45) is 3.28. The first-order valence-corrected chi connectivity index (χ1v) is 5.14. The summed E-state index contributed by atoms with van der Waals surface area (Å²) in [6, 6.07) is 0. The van der Waals surface area contributed by atoms with Crippen LogP contribution in [0.15, 0.2) is 24.8 Å². The van der Waals surface area contributed by atoms with Crippen LogP contribution >= 0.6 is 0 Å². The lowest BCUT2D eigenvalue weighted by Gasteiger charge is -1.89. The Kier molecular flexibility index (Phi) is 12.0. The quantitative estimate of drug-likeness (QED) is 0.313. The highest BCUT2D eigenvalue weighted by molar-refractivity contribution is 6.04. The Labute approximate surface area is 110 Å². The van der Waals surface area contributed by atoms with Crippen LogP contribution in [0.25, 0.3) is 0 Å². The van der Waals surface area contributed by atoms with Gasteiger partial charge in [0.05, 0.1) is 13.7 Å². The number of hydrogen-bond acceptors (Lipinski definition) is 7. The molecule has 0 bridgehead atoms. The minimum absolute atomic E-state index is 0.211. The third kappa shape index (κ3) is 15.6. The molecule has 0 amide bonds. The normalized spacial score (nSPS) is 11.1. The largest absolute Gasteiger partial charge is 0.466 e. The summed E-state index contributed by atoms with van der Waals surface area (Å²) >= 11 is 0. The zero-order valence-electron chi connectivity index (χ0n) is 11.0. The molecule has 7 nitrogen and oxygen atoms in total. The molecule has 0 atom stereocenters. The molecule has 106 valence electrons. The SMILES string of the molecule is C=CC(=O)OC.CCOC(C)=O.O=C1C=CC(=O)O1. The van der Waals surface area contributed by atoms with Crippen molar-refractivity contribution in [1.82, 2.24) is 0 Å². The second-order valence-corrected chi connectivity index (χ2v) is 2.73. The summed E-state index contributed by atoms with van der Waals surface area (Å²) in [5.41, 5.74) is 0. The van der Waals surface area contributed by atoms with Gasteiger partial charge in [-0.1, -0.05) is 6.58 Å². The molecule has 1 aliphatic heterocycles. The molecule has 0 radical (unpaired) electrons. The van der Waals surface area contributed by atoms with E-state index in [0.29, 0.717) is 6.61 Å². The maximum absolute atomic E-state index is 9.92. The maximum atomic E-state index is 9.92. The molecular weight excluding hydrogens is 256 g/mol. The lowest BCUT2D eigenvalue weighted by atomic mass is 10.6. The molecule has 0 aliphatic carbocycles. The molecule has 1 aliphatic rings. The highest BCUT2D eigenvalue weighted by Crippen LogP contribution is 1.92. The van der Waals surface area contributed by atoms with Crippen LogP contribution in [0.1, 0.15) is 13.8 Å². The van der Waals surface area contributed by atoms with Crippen LogP contribution < -0.4 is 0 Å². The number of ether oxygens (including phenoxy) is 3. The number of carbonyl (C=O) groups is 4. The van der Waals surface area contributed by atoms with Crippen molar-refractivity contribution in [3.8, 4) is 0 Å². The van der Waals surface area contributed by atoms with E-state index in [0.717, 1.165) is 18.2 Å². The van der Waals surface area contributed by atoms with E-state index in [4.69, 9.17) is 0 Å². The average molecular weight is 272 g/mol. The third-order valence-corrected chi connectivity index (χ3v) is 1.27. The molecule has 0 saturated carbocycles. The minimum Gasteiger partial charge on any atom is -0.466 e. The van der Waals surface area contributed by atoms with Crippen LogP contribution in [0.5, 0.6) is 0 Å². The van der Waals surface area contributed by atoms with E-state index in [1.54, 1.807) is 6.92 Å². The molecule has 1 rings (SSSR count). The summed E-state index contributed by atoms with van der Waals surface area (Å²) in [5.74, 6) is -1.76. The first kappa shape index (κ1) is 18.9. The monoisotopic (exact) mass is 272 g/mol. The molecule has 0 aromatic heterocycles. The molecule has 1 heterocycles. The third-order valence-electron chi connectivity index (χ3n) is 1.27. The molecule has 0 fully saturated rings. The summed E-state index contributed by atoms with van der Waals surface area (Å²) in [6.45, 7) is 6.81. The Balaban J connectivity index is 0. The minimum atomic E-state index is -0.579. The van der Waals surface area contributed by atoms with Crippen molar-refractivity contribution in [2.75, 3.05) is 13.7 Å². The van der Waals surface area contributed by atoms with Crippen molar-refractivity contribution >= 4 is 23.9 Å². The van der Waals surface area contributed by atoms with Crippen molar-refractivity contribution in [1.29, 1.82) is 0 Å². The van der Waals surface area contributed by atoms with Gasteiger partial charge in [0.1, 0.15) is 0 Å². The van der Waals surface area contributed by atoms with E-state index < -0.39 is 17.9 Å². The molecule has 0 saturated heterocycles. The molecule has 0 spiro atoms. The van der Waals surface area contributed by atoms with Crippen LogP contribution in [-0.2, 0) is 33.4 Å². The fraction of sp³-hybridized carbons (Fsp3) is 0.333. The van der Waals surface area contributed by atoms with Gasteiger partial charge in [0.2, 0.25) is 0 Å². The Morgan fingerprint density at radius 3 is 1.84 bits per heavy atom. The van der Waals surface area contributed by atoms with Crippen LogP contribution in [-0.4, -0.2) is 37.6 Å². The summed E-state index contributed by atoms with van der Waals surface area (Å²) in [4.78, 5) is 39.5. The Hall–Kier alpha value is -2.44. The van der Waals surface area contributed by atoms with Gasteiger partial charge in [-0.3, -0.25) is 4.79 Å². The van der Waals surface area contributed by atoms with Gasteiger partial charge in [0, 0.05) is 25.2 Å². The number of rotatable bonds is 2. The number of cyclic esters (lactones) is 2. The molecule has 0 aromatic carbocycles. The van der Waals surface area contributed by atoms with Gasteiger partial charge in [0.15, 0.2) is 0 Å². The molecule has 7 heteroatoms. The van der Waals surface area contributed by atoms with Crippen molar-refractivity contribution in [2.24, 2.45) is 0 Å². The zero-order valence-corrected chi connectivity index (χ0v) is 11.0. The van der Waals surface area contributed by atoms with Gasteiger partial charge in [-0.25, -0.2) is 14.4 Å². The molecule has 0 N–H and O–H groups in total.